The van der Waals surface area contributed by atoms with Crippen LogP contribution in [-0.4, -0.2) is 41.5 Å². The Kier molecular flexibility index (Phi) is 3.93. The van der Waals surface area contributed by atoms with Crippen molar-refractivity contribution in [1.82, 2.24) is 10.1 Å². The molecule has 1 aliphatic carbocycles. The minimum absolute atomic E-state index is 0.194. The van der Waals surface area contributed by atoms with E-state index in [0.717, 1.165) is 18.0 Å². The molecule has 90 valence electrons. The van der Waals surface area contributed by atoms with Crippen LogP contribution in [-0.2, 0) is 17.9 Å². The predicted molar refractivity (Wildman–Crippen MR) is 57.7 cm³/mol. The highest BCUT2D eigenvalue weighted by Crippen LogP contribution is 2.27. The summed E-state index contributed by atoms with van der Waals surface area (Å²) >= 11 is 0. The number of nitrogens with zero attached hydrogens (tertiary/aromatic N) is 2. The van der Waals surface area contributed by atoms with E-state index in [4.69, 9.17) is 14.4 Å². The van der Waals surface area contributed by atoms with E-state index in [9.17, 15) is 0 Å². The van der Waals surface area contributed by atoms with Crippen LogP contribution in [0.15, 0.2) is 10.6 Å². The summed E-state index contributed by atoms with van der Waals surface area (Å²) in [5, 5.41) is 13.0. The van der Waals surface area contributed by atoms with E-state index < -0.39 is 0 Å². The van der Waals surface area contributed by atoms with Crippen LogP contribution in [0.4, 0.5) is 0 Å². The predicted octanol–water partition coefficient (Wildman–Crippen LogP) is 0.778. The maximum absolute atomic E-state index is 8.98. The number of methoxy groups -OCH3 is 1. The molecule has 5 heteroatoms. The minimum atomic E-state index is 0.194. The second kappa shape index (κ2) is 5.43. The first-order chi connectivity index (χ1) is 7.83. The summed E-state index contributed by atoms with van der Waals surface area (Å²) in [7, 11) is 1.63. The van der Waals surface area contributed by atoms with Gasteiger partial charge < -0.3 is 14.4 Å². The van der Waals surface area contributed by atoms with E-state index in [2.05, 4.69) is 10.1 Å². The molecule has 0 saturated heterocycles. The number of ether oxygens (including phenoxy) is 1. The molecule has 1 aliphatic rings. The summed E-state index contributed by atoms with van der Waals surface area (Å²) in [4.78, 5) is 2.24. The summed E-state index contributed by atoms with van der Waals surface area (Å²) in [6.45, 7) is 2.10. The molecule has 16 heavy (non-hydrogen) atoms. The number of hydrogen-bond donors (Lipinski definition) is 1. The van der Waals surface area contributed by atoms with Crippen molar-refractivity contribution in [2.45, 2.75) is 32.0 Å². The molecule has 0 spiro atoms. The lowest BCUT2D eigenvalue weighted by atomic mass is 10.3. The third-order valence-corrected chi connectivity index (χ3v) is 2.71. The van der Waals surface area contributed by atoms with Crippen LogP contribution in [0.25, 0.3) is 0 Å². The zero-order valence-corrected chi connectivity index (χ0v) is 9.56. The molecule has 0 bridgehead atoms. The van der Waals surface area contributed by atoms with Crippen LogP contribution in [0.3, 0.4) is 0 Å². The summed E-state index contributed by atoms with van der Waals surface area (Å²) in [5.74, 6) is 0.747. The van der Waals surface area contributed by atoms with Gasteiger partial charge in [-0.3, -0.25) is 4.90 Å². The quantitative estimate of drug-likeness (QED) is 0.744. The van der Waals surface area contributed by atoms with Gasteiger partial charge in [0, 0.05) is 32.3 Å². The molecule has 1 saturated carbocycles. The molecule has 1 aromatic heterocycles. The fourth-order valence-corrected chi connectivity index (χ4v) is 1.81. The van der Waals surface area contributed by atoms with Gasteiger partial charge in [0.15, 0.2) is 5.76 Å². The van der Waals surface area contributed by atoms with E-state index >= 15 is 0 Å². The van der Waals surface area contributed by atoms with Crippen molar-refractivity contribution in [2.75, 3.05) is 20.3 Å². The van der Waals surface area contributed by atoms with Crippen molar-refractivity contribution in [3.05, 3.63) is 17.5 Å². The molecule has 5 nitrogen and oxygen atoms in total. The third-order valence-electron chi connectivity index (χ3n) is 2.71. The Morgan fingerprint density at radius 3 is 3.06 bits per heavy atom. The summed E-state index contributed by atoms with van der Waals surface area (Å²) in [6, 6.07) is 2.53. The largest absolute Gasteiger partial charge is 0.395 e. The Labute approximate surface area is 95.0 Å². The molecule has 0 atom stereocenters. The Morgan fingerprint density at radius 2 is 2.44 bits per heavy atom. The maximum atomic E-state index is 8.98. The van der Waals surface area contributed by atoms with Crippen LogP contribution < -0.4 is 0 Å². The Morgan fingerprint density at radius 1 is 1.62 bits per heavy atom. The molecule has 1 aromatic rings. The van der Waals surface area contributed by atoms with Gasteiger partial charge in [0.05, 0.1) is 12.3 Å². The lowest BCUT2D eigenvalue weighted by molar-refractivity contribution is 0.154. The Bertz CT molecular complexity index is 323. The van der Waals surface area contributed by atoms with Crippen molar-refractivity contribution >= 4 is 0 Å². The summed E-state index contributed by atoms with van der Waals surface area (Å²) in [6.07, 6.45) is 2.45. The van der Waals surface area contributed by atoms with Gasteiger partial charge >= 0.3 is 0 Å². The molecule has 0 aliphatic heterocycles. The van der Waals surface area contributed by atoms with Gasteiger partial charge in [0.2, 0.25) is 0 Å². The number of rotatable bonds is 7. The van der Waals surface area contributed by atoms with Crippen molar-refractivity contribution in [1.29, 1.82) is 0 Å². The van der Waals surface area contributed by atoms with Crippen LogP contribution in [0.1, 0.15) is 24.3 Å². The van der Waals surface area contributed by atoms with E-state index in [0.29, 0.717) is 19.2 Å². The monoisotopic (exact) mass is 226 g/mol. The topological polar surface area (TPSA) is 58.7 Å². The first-order valence-electron chi connectivity index (χ1n) is 5.62. The molecule has 0 aromatic carbocycles. The lowest BCUT2D eigenvalue weighted by Crippen LogP contribution is -2.28. The Balaban J connectivity index is 1.89. The van der Waals surface area contributed by atoms with Crippen LogP contribution in [0.5, 0.6) is 0 Å². The highest BCUT2D eigenvalue weighted by atomic mass is 16.5. The second-order valence-electron chi connectivity index (χ2n) is 4.14. The van der Waals surface area contributed by atoms with E-state index in [1.165, 1.54) is 12.8 Å². The first-order valence-corrected chi connectivity index (χ1v) is 5.62. The highest BCUT2D eigenvalue weighted by molar-refractivity contribution is 5.05. The molecule has 1 heterocycles. The van der Waals surface area contributed by atoms with E-state index in [1.54, 1.807) is 7.11 Å². The van der Waals surface area contributed by atoms with Gasteiger partial charge in [0.1, 0.15) is 6.61 Å². The smallest absolute Gasteiger partial charge is 0.162 e. The van der Waals surface area contributed by atoms with Gasteiger partial charge in [-0.15, -0.1) is 0 Å². The summed E-state index contributed by atoms with van der Waals surface area (Å²) < 4.78 is 10.1. The normalized spacial score (nSPS) is 15.9. The summed E-state index contributed by atoms with van der Waals surface area (Å²) in [5.41, 5.74) is 0.910. The molecular formula is C11H18N2O3. The number of aromatic nitrogens is 1. The molecule has 1 N–H and O–H groups in total. The van der Waals surface area contributed by atoms with Gasteiger partial charge in [0.25, 0.3) is 0 Å². The van der Waals surface area contributed by atoms with Gasteiger partial charge in [-0.1, -0.05) is 5.16 Å². The van der Waals surface area contributed by atoms with Crippen molar-refractivity contribution in [3.8, 4) is 0 Å². The van der Waals surface area contributed by atoms with Crippen molar-refractivity contribution < 1.29 is 14.4 Å². The second-order valence-corrected chi connectivity index (χ2v) is 4.14. The first kappa shape index (κ1) is 11.6. The number of aliphatic hydroxyl groups is 1. The molecular weight excluding hydrogens is 208 g/mol. The zero-order chi connectivity index (χ0) is 11.4. The molecule has 0 unspecified atom stereocenters. The number of aliphatic hydroxyl groups excluding tert-OH is 1. The molecule has 0 amide bonds. The number of hydrogen-bond acceptors (Lipinski definition) is 5. The van der Waals surface area contributed by atoms with Gasteiger partial charge in [-0.05, 0) is 12.8 Å². The fraction of sp³-hybridized carbons (Fsp3) is 0.727. The fourth-order valence-electron chi connectivity index (χ4n) is 1.81. The standard InChI is InChI=1S/C11H18N2O3/c1-15-8-11-6-9(12-16-11)7-13(4-5-14)10-2-3-10/h6,10,14H,2-5,7-8H2,1H3. The van der Waals surface area contributed by atoms with E-state index in [-0.39, 0.29) is 6.61 Å². The van der Waals surface area contributed by atoms with E-state index in [1.807, 2.05) is 6.07 Å². The SMILES string of the molecule is COCc1cc(CN(CCO)C2CC2)no1. The van der Waals surface area contributed by atoms with Crippen LogP contribution in [0.2, 0.25) is 0 Å². The lowest BCUT2D eigenvalue weighted by Gasteiger charge is -2.18. The maximum Gasteiger partial charge on any atom is 0.162 e. The van der Waals surface area contributed by atoms with Crippen LogP contribution >= 0.6 is 0 Å². The third kappa shape index (κ3) is 3.04. The van der Waals surface area contributed by atoms with Gasteiger partial charge in [-0.25, -0.2) is 0 Å². The van der Waals surface area contributed by atoms with Gasteiger partial charge in [-0.2, -0.15) is 0 Å². The molecule has 2 rings (SSSR count). The Hall–Kier alpha value is -0.910. The zero-order valence-electron chi connectivity index (χ0n) is 9.56. The van der Waals surface area contributed by atoms with Crippen LogP contribution in [0, 0.1) is 0 Å². The van der Waals surface area contributed by atoms with Crippen molar-refractivity contribution in [2.24, 2.45) is 0 Å². The molecule has 0 radical (unpaired) electrons. The average molecular weight is 226 g/mol. The highest BCUT2D eigenvalue weighted by Gasteiger charge is 2.29. The average Bonchev–Trinajstić information content (AvgIpc) is 3.02. The minimum Gasteiger partial charge on any atom is -0.395 e. The molecule has 1 fully saturated rings. The van der Waals surface area contributed by atoms with Crippen molar-refractivity contribution in [3.63, 3.8) is 0 Å².